The first-order valence-corrected chi connectivity index (χ1v) is 3.39. The van der Waals surface area contributed by atoms with Crippen molar-refractivity contribution in [3.05, 3.63) is 11.2 Å². The lowest BCUT2D eigenvalue weighted by atomic mass is 10.6. The SMILES string of the molecule is ClC1=CNC(Cl)N=C1Cl. The molecule has 0 fully saturated rings. The molecule has 0 saturated carbocycles. The Balaban J connectivity index is 2.75. The van der Waals surface area contributed by atoms with Gasteiger partial charge in [0.1, 0.15) is 5.17 Å². The molecule has 0 spiro atoms. The highest BCUT2D eigenvalue weighted by atomic mass is 35.5. The minimum atomic E-state index is -0.486. The van der Waals surface area contributed by atoms with Crippen molar-refractivity contribution in [3.63, 3.8) is 0 Å². The van der Waals surface area contributed by atoms with Crippen LogP contribution in [0.4, 0.5) is 0 Å². The molecule has 1 N–H and O–H groups in total. The number of rotatable bonds is 0. The number of nitrogens with zero attached hydrogens (tertiary/aromatic N) is 1. The third kappa shape index (κ3) is 1.75. The highest BCUT2D eigenvalue weighted by molar-refractivity contribution is 6.76. The number of alkyl halides is 1. The van der Waals surface area contributed by atoms with Gasteiger partial charge >= 0.3 is 0 Å². The van der Waals surface area contributed by atoms with Crippen LogP contribution < -0.4 is 5.32 Å². The van der Waals surface area contributed by atoms with Gasteiger partial charge in [-0.3, -0.25) is 0 Å². The summed E-state index contributed by atoms with van der Waals surface area (Å²) in [6, 6.07) is 0. The lowest BCUT2D eigenvalue weighted by Gasteiger charge is -2.10. The fraction of sp³-hybridized carbons (Fsp3) is 0.250. The van der Waals surface area contributed by atoms with Crippen molar-refractivity contribution in [2.24, 2.45) is 4.99 Å². The van der Waals surface area contributed by atoms with E-state index in [2.05, 4.69) is 10.3 Å². The van der Waals surface area contributed by atoms with E-state index < -0.39 is 5.62 Å². The van der Waals surface area contributed by atoms with E-state index in [1.54, 1.807) is 0 Å². The van der Waals surface area contributed by atoms with Crippen LogP contribution >= 0.6 is 34.8 Å². The van der Waals surface area contributed by atoms with Gasteiger partial charge < -0.3 is 5.32 Å². The van der Waals surface area contributed by atoms with Gasteiger partial charge in [0.25, 0.3) is 0 Å². The molecule has 5 heteroatoms. The van der Waals surface area contributed by atoms with E-state index in [1.807, 2.05) is 0 Å². The Bertz CT molecular complexity index is 175. The zero-order valence-electron chi connectivity index (χ0n) is 4.24. The van der Waals surface area contributed by atoms with Crippen LogP contribution in [0.15, 0.2) is 16.2 Å². The van der Waals surface area contributed by atoms with Gasteiger partial charge in [-0.1, -0.05) is 34.8 Å². The van der Waals surface area contributed by atoms with Crippen molar-refractivity contribution in [3.8, 4) is 0 Å². The summed E-state index contributed by atoms with van der Waals surface area (Å²) in [6.45, 7) is 0. The van der Waals surface area contributed by atoms with E-state index in [0.29, 0.717) is 5.03 Å². The number of nitrogens with one attached hydrogen (secondary N) is 1. The predicted molar refractivity (Wildman–Crippen MR) is 40.0 cm³/mol. The van der Waals surface area contributed by atoms with Crippen LogP contribution in [0.1, 0.15) is 0 Å². The smallest absolute Gasteiger partial charge is 0.196 e. The molecule has 0 radical (unpaired) electrons. The number of halogens is 3. The van der Waals surface area contributed by atoms with Crippen LogP contribution in [0.25, 0.3) is 0 Å². The van der Waals surface area contributed by atoms with Gasteiger partial charge in [-0.2, -0.15) is 0 Å². The van der Waals surface area contributed by atoms with E-state index in [0.717, 1.165) is 0 Å². The molecule has 1 aliphatic rings. The van der Waals surface area contributed by atoms with Gasteiger partial charge in [0.15, 0.2) is 5.62 Å². The second kappa shape index (κ2) is 2.78. The molecule has 50 valence electrons. The van der Waals surface area contributed by atoms with Crippen molar-refractivity contribution in [2.45, 2.75) is 5.62 Å². The van der Waals surface area contributed by atoms with Crippen molar-refractivity contribution in [1.82, 2.24) is 5.32 Å². The van der Waals surface area contributed by atoms with E-state index in [4.69, 9.17) is 34.8 Å². The lowest BCUT2D eigenvalue weighted by molar-refractivity contribution is 0.801. The minimum absolute atomic E-state index is 0.246. The molecule has 2 nitrogen and oxygen atoms in total. The first-order valence-electron chi connectivity index (χ1n) is 2.19. The number of aliphatic imine (C=N–C) groups is 1. The Labute approximate surface area is 67.5 Å². The molecule has 0 bridgehead atoms. The quantitative estimate of drug-likeness (QED) is 0.452. The fourth-order valence-electron chi connectivity index (χ4n) is 0.400. The minimum Gasteiger partial charge on any atom is -0.356 e. The zero-order valence-corrected chi connectivity index (χ0v) is 6.50. The molecule has 1 atom stereocenters. The fourth-order valence-corrected chi connectivity index (χ4v) is 0.874. The van der Waals surface area contributed by atoms with Gasteiger partial charge in [0, 0.05) is 6.20 Å². The Morgan fingerprint density at radius 1 is 1.56 bits per heavy atom. The van der Waals surface area contributed by atoms with Crippen LogP contribution in [0.3, 0.4) is 0 Å². The first kappa shape index (κ1) is 7.19. The summed E-state index contributed by atoms with van der Waals surface area (Å²) in [5.41, 5.74) is -0.486. The van der Waals surface area contributed by atoms with Crippen LogP contribution in [0, 0.1) is 0 Å². The van der Waals surface area contributed by atoms with E-state index in [1.165, 1.54) is 6.20 Å². The average molecular weight is 185 g/mol. The van der Waals surface area contributed by atoms with Crippen LogP contribution in [0.2, 0.25) is 0 Å². The topological polar surface area (TPSA) is 24.4 Å². The summed E-state index contributed by atoms with van der Waals surface area (Å²) >= 11 is 16.5. The standard InChI is InChI=1S/C4H3Cl3N2/c5-2-1-8-4(7)9-3(2)6/h1,4,8H. The molecule has 0 amide bonds. The highest BCUT2D eigenvalue weighted by Gasteiger charge is 2.09. The maximum Gasteiger partial charge on any atom is 0.196 e. The van der Waals surface area contributed by atoms with Crippen molar-refractivity contribution in [2.75, 3.05) is 0 Å². The third-order valence-corrected chi connectivity index (χ3v) is 1.68. The van der Waals surface area contributed by atoms with Crippen LogP contribution in [0.5, 0.6) is 0 Å². The van der Waals surface area contributed by atoms with Crippen LogP contribution in [-0.4, -0.2) is 10.8 Å². The Morgan fingerprint density at radius 2 is 2.22 bits per heavy atom. The molecule has 1 rings (SSSR count). The lowest BCUT2D eigenvalue weighted by Crippen LogP contribution is -2.21. The molecule has 9 heavy (non-hydrogen) atoms. The zero-order chi connectivity index (χ0) is 6.85. The maximum atomic E-state index is 5.51. The third-order valence-electron chi connectivity index (χ3n) is 0.771. The molecular weight excluding hydrogens is 182 g/mol. The molecule has 0 aromatic carbocycles. The highest BCUT2D eigenvalue weighted by Crippen LogP contribution is 2.13. The summed E-state index contributed by atoms with van der Waals surface area (Å²) in [5, 5.41) is 3.29. The predicted octanol–water partition coefficient (Wildman–Crippen LogP) is 1.83. The van der Waals surface area contributed by atoms with Gasteiger partial charge in [-0.05, 0) is 0 Å². The number of hydrogen-bond acceptors (Lipinski definition) is 2. The molecule has 0 aliphatic carbocycles. The summed E-state index contributed by atoms with van der Waals surface area (Å²) in [7, 11) is 0. The Kier molecular flexibility index (Phi) is 2.22. The maximum absolute atomic E-state index is 5.51. The van der Waals surface area contributed by atoms with Gasteiger partial charge in [0.2, 0.25) is 0 Å². The second-order valence-corrected chi connectivity index (χ2v) is 2.59. The van der Waals surface area contributed by atoms with Crippen molar-refractivity contribution >= 4 is 40.0 Å². The number of allylic oxidation sites excluding steroid dienone is 1. The Hall–Kier alpha value is 0.0800. The molecular formula is C4H3Cl3N2. The van der Waals surface area contributed by atoms with Gasteiger partial charge in [0.05, 0.1) is 5.03 Å². The monoisotopic (exact) mass is 184 g/mol. The van der Waals surface area contributed by atoms with E-state index >= 15 is 0 Å². The molecule has 1 unspecified atom stereocenters. The summed E-state index contributed by atoms with van der Waals surface area (Å²) in [4.78, 5) is 3.70. The molecule has 0 saturated heterocycles. The van der Waals surface area contributed by atoms with Gasteiger partial charge in [-0.15, -0.1) is 0 Å². The summed E-state index contributed by atoms with van der Waals surface area (Å²) in [6.07, 6.45) is 1.51. The normalized spacial score (nSPS) is 26.3. The number of hydrogen-bond donors (Lipinski definition) is 1. The summed E-state index contributed by atoms with van der Waals surface area (Å²) < 4.78 is 0. The largest absolute Gasteiger partial charge is 0.356 e. The van der Waals surface area contributed by atoms with Crippen molar-refractivity contribution in [1.29, 1.82) is 0 Å². The van der Waals surface area contributed by atoms with Crippen LogP contribution in [-0.2, 0) is 0 Å². The molecule has 1 aliphatic heterocycles. The Morgan fingerprint density at radius 3 is 2.67 bits per heavy atom. The molecule has 0 aromatic heterocycles. The molecule has 0 aromatic rings. The first-order chi connectivity index (χ1) is 4.20. The van der Waals surface area contributed by atoms with E-state index in [9.17, 15) is 0 Å². The average Bonchev–Trinajstić information content (AvgIpc) is 1.80. The van der Waals surface area contributed by atoms with Gasteiger partial charge in [-0.25, -0.2) is 4.99 Å². The summed E-state index contributed by atoms with van der Waals surface area (Å²) in [5.74, 6) is 0. The van der Waals surface area contributed by atoms with Crippen molar-refractivity contribution < 1.29 is 0 Å². The second-order valence-electron chi connectivity index (χ2n) is 1.41. The van der Waals surface area contributed by atoms with E-state index in [-0.39, 0.29) is 5.17 Å². The molecule has 1 heterocycles.